The summed E-state index contributed by atoms with van der Waals surface area (Å²) >= 11 is 3.10. The summed E-state index contributed by atoms with van der Waals surface area (Å²) in [4.78, 5) is 11.7. The Morgan fingerprint density at radius 2 is 1.86 bits per heavy atom. The number of sulfonamides is 1. The molecule has 0 radical (unpaired) electrons. The van der Waals surface area contributed by atoms with E-state index in [9.17, 15) is 21.6 Å². The zero-order valence-corrected chi connectivity index (χ0v) is 14.4. The Morgan fingerprint density at radius 3 is 2.38 bits per heavy atom. The maximum Gasteiger partial charge on any atom is 0.251 e. The number of nitrogens with two attached hydrogens (primary N) is 1. The van der Waals surface area contributed by atoms with Crippen LogP contribution in [0.1, 0.15) is 16.8 Å². The van der Waals surface area contributed by atoms with Crippen LogP contribution in [-0.4, -0.2) is 41.3 Å². The molecule has 0 atom stereocenters. The molecule has 0 saturated heterocycles. The van der Waals surface area contributed by atoms with Gasteiger partial charge in [-0.15, -0.1) is 0 Å². The van der Waals surface area contributed by atoms with Crippen LogP contribution in [0.2, 0.25) is 0 Å². The molecule has 0 unspecified atom stereocenters. The molecular weight excluding hydrogens is 384 g/mol. The molecular formula is C11H15BrN2O5S2. The molecule has 10 heteroatoms. The molecule has 0 aliphatic rings. The summed E-state index contributed by atoms with van der Waals surface area (Å²) in [5, 5.41) is 7.53. The number of halogens is 1. The van der Waals surface area contributed by atoms with Gasteiger partial charge in [-0.05, 0) is 24.6 Å². The Balaban J connectivity index is 2.77. The topological polar surface area (TPSA) is 123 Å². The molecule has 1 aromatic rings. The third-order valence-electron chi connectivity index (χ3n) is 2.44. The summed E-state index contributed by atoms with van der Waals surface area (Å²) in [5.41, 5.74) is 0.118. The van der Waals surface area contributed by atoms with E-state index in [-0.39, 0.29) is 29.2 Å². The lowest BCUT2D eigenvalue weighted by atomic mass is 10.2. The van der Waals surface area contributed by atoms with Gasteiger partial charge in [0.15, 0.2) is 0 Å². The Bertz CT molecular complexity index is 744. The van der Waals surface area contributed by atoms with Crippen LogP contribution in [0.5, 0.6) is 0 Å². The van der Waals surface area contributed by atoms with Crippen molar-refractivity contribution in [2.45, 2.75) is 11.3 Å². The van der Waals surface area contributed by atoms with Crippen LogP contribution < -0.4 is 10.5 Å². The van der Waals surface area contributed by atoms with Crippen molar-refractivity contribution >= 4 is 41.7 Å². The first-order chi connectivity index (χ1) is 9.49. The summed E-state index contributed by atoms with van der Waals surface area (Å²) in [6.07, 6.45) is 1.39. The number of sulfone groups is 1. The molecule has 0 aromatic heterocycles. The van der Waals surface area contributed by atoms with E-state index in [2.05, 4.69) is 21.2 Å². The molecule has 0 aliphatic heterocycles. The van der Waals surface area contributed by atoms with Crippen molar-refractivity contribution in [1.29, 1.82) is 0 Å². The van der Waals surface area contributed by atoms with Crippen LogP contribution in [0.3, 0.4) is 0 Å². The number of nitrogens with one attached hydrogen (secondary N) is 1. The third kappa shape index (κ3) is 6.55. The predicted octanol–water partition coefficient (Wildman–Crippen LogP) is 0.261. The summed E-state index contributed by atoms with van der Waals surface area (Å²) in [6, 6.07) is 3.89. The highest BCUT2D eigenvalue weighted by molar-refractivity contribution is 9.10. The molecule has 1 rings (SSSR count). The number of carbonyl (C=O) groups is 1. The van der Waals surface area contributed by atoms with Crippen LogP contribution in [0.25, 0.3) is 0 Å². The lowest BCUT2D eigenvalue weighted by molar-refractivity contribution is 0.0953. The van der Waals surface area contributed by atoms with Gasteiger partial charge in [0.05, 0.1) is 10.6 Å². The van der Waals surface area contributed by atoms with Crippen molar-refractivity contribution in [3.63, 3.8) is 0 Å². The first-order valence-electron chi connectivity index (χ1n) is 5.78. The highest BCUT2D eigenvalue weighted by Crippen LogP contribution is 2.18. The van der Waals surface area contributed by atoms with E-state index in [0.29, 0.717) is 4.47 Å². The number of benzene rings is 1. The van der Waals surface area contributed by atoms with E-state index in [1.807, 2.05) is 0 Å². The van der Waals surface area contributed by atoms with Crippen molar-refractivity contribution in [3.05, 3.63) is 28.2 Å². The largest absolute Gasteiger partial charge is 0.352 e. The fourth-order valence-corrected chi connectivity index (χ4v) is 3.39. The predicted molar refractivity (Wildman–Crippen MR) is 82.2 cm³/mol. The molecule has 118 valence electrons. The second kappa shape index (κ2) is 6.86. The number of amides is 1. The van der Waals surface area contributed by atoms with Gasteiger partial charge in [0, 0.05) is 22.8 Å². The van der Waals surface area contributed by atoms with Crippen LogP contribution in [0, 0.1) is 0 Å². The standard InChI is InChI=1S/C11H15BrN2O5S2/c1-20(16,17)4-2-3-14-11(15)8-5-9(12)7-10(6-8)21(13,18)19/h5-7H,2-4H2,1H3,(H,14,15)(H2,13,18,19). The maximum atomic E-state index is 11.9. The molecule has 7 nitrogen and oxygen atoms in total. The average molecular weight is 399 g/mol. The van der Waals surface area contributed by atoms with E-state index < -0.39 is 25.8 Å². The maximum absolute atomic E-state index is 11.9. The van der Waals surface area contributed by atoms with E-state index in [1.54, 1.807) is 0 Å². The van der Waals surface area contributed by atoms with Gasteiger partial charge in [-0.2, -0.15) is 0 Å². The van der Waals surface area contributed by atoms with Gasteiger partial charge in [-0.25, -0.2) is 22.0 Å². The van der Waals surface area contributed by atoms with Crippen molar-refractivity contribution in [2.75, 3.05) is 18.6 Å². The SMILES string of the molecule is CS(=O)(=O)CCCNC(=O)c1cc(Br)cc(S(N)(=O)=O)c1. The molecule has 0 saturated carbocycles. The molecule has 0 aliphatic carbocycles. The van der Waals surface area contributed by atoms with E-state index in [1.165, 1.54) is 12.1 Å². The van der Waals surface area contributed by atoms with Crippen LogP contribution >= 0.6 is 15.9 Å². The van der Waals surface area contributed by atoms with Gasteiger partial charge in [0.25, 0.3) is 5.91 Å². The van der Waals surface area contributed by atoms with Gasteiger partial charge in [-0.3, -0.25) is 4.79 Å². The van der Waals surface area contributed by atoms with Gasteiger partial charge < -0.3 is 5.32 Å². The molecule has 1 amide bonds. The molecule has 1 aromatic carbocycles. The Labute approximate surface area is 132 Å². The minimum absolute atomic E-state index is 0.0335. The van der Waals surface area contributed by atoms with Gasteiger partial charge >= 0.3 is 0 Å². The van der Waals surface area contributed by atoms with Gasteiger partial charge in [-0.1, -0.05) is 15.9 Å². The first kappa shape index (κ1) is 18.1. The molecule has 3 N–H and O–H groups in total. The zero-order chi connectivity index (χ0) is 16.3. The minimum Gasteiger partial charge on any atom is -0.352 e. The van der Waals surface area contributed by atoms with Crippen molar-refractivity contribution in [3.8, 4) is 0 Å². The van der Waals surface area contributed by atoms with E-state index >= 15 is 0 Å². The van der Waals surface area contributed by atoms with Crippen LogP contribution in [0.15, 0.2) is 27.6 Å². The number of rotatable bonds is 6. The van der Waals surface area contributed by atoms with Crippen molar-refractivity contribution in [1.82, 2.24) is 5.32 Å². The van der Waals surface area contributed by atoms with Crippen LogP contribution in [0.4, 0.5) is 0 Å². The number of hydrogen-bond acceptors (Lipinski definition) is 5. The summed E-state index contributed by atoms with van der Waals surface area (Å²) < 4.78 is 44.9. The number of carbonyl (C=O) groups excluding carboxylic acids is 1. The smallest absolute Gasteiger partial charge is 0.251 e. The Kier molecular flexibility index (Phi) is 5.91. The fraction of sp³-hybridized carbons (Fsp3) is 0.364. The zero-order valence-electron chi connectivity index (χ0n) is 11.2. The molecule has 21 heavy (non-hydrogen) atoms. The van der Waals surface area contributed by atoms with Gasteiger partial charge in [0.2, 0.25) is 10.0 Å². The summed E-state index contributed by atoms with van der Waals surface area (Å²) in [7, 11) is -6.99. The number of hydrogen-bond donors (Lipinski definition) is 2. The highest BCUT2D eigenvalue weighted by Gasteiger charge is 2.14. The quantitative estimate of drug-likeness (QED) is 0.665. The Hall–Kier alpha value is -0.970. The van der Waals surface area contributed by atoms with Gasteiger partial charge in [0.1, 0.15) is 9.84 Å². The fourth-order valence-electron chi connectivity index (χ4n) is 1.50. The molecule has 0 heterocycles. The first-order valence-corrected chi connectivity index (χ1v) is 10.2. The normalized spacial score (nSPS) is 12.1. The monoisotopic (exact) mass is 398 g/mol. The molecule has 0 spiro atoms. The summed E-state index contributed by atoms with van der Waals surface area (Å²) in [6.45, 7) is 0.170. The Morgan fingerprint density at radius 1 is 1.24 bits per heavy atom. The van der Waals surface area contributed by atoms with E-state index in [0.717, 1.165) is 12.3 Å². The van der Waals surface area contributed by atoms with Crippen molar-refractivity contribution in [2.24, 2.45) is 5.14 Å². The number of primary sulfonamides is 1. The minimum atomic E-state index is -3.92. The molecule has 0 fully saturated rings. The molecule has 0 bridgehead atoms. The third-order valence-corrected chi connectivity index (χ3v) is 4.82. The lowest BCUT2D eigenvalue weighted by Crippen LogP contribution is -2.26. The van der Waals surface area contributed by atoms with Crippen LogP contribution in [-0.2, 0) is 19.9 Å². The highest BCUT2D eigenvalue weighted by atomic mass is 79.9. The average Bonchev–Trinajstić information content (AvgIpc) is 2.31. The van der Waals surface area contributed by atoms with Crippen molar-refractivity contribution < 1.29 is 21.6 Å². The second-order valence-corrected chi connectivity index (χ2v) is 9.20. The lowest BCUT2D eigenvalue weighted by Gasteiger charge is -2.07. The van der Waals surface area contributed by atoms with E-state index in [4.69, 9.17) is 5.14 Å². The second-order valence-electron chi connectivity index (χ2n) is 4.46. The summed E-state index contributed by atoms with van der Waals surface area (Å²) in [5.74, 6) is -0.538.